The lowest BCUT2D eigenvalue weighted by atomic mass is 9.93. The molecule has 0 saturated carbocycles. The fourth-order valence-corrected chi connectivity index (χ4v) is 3.29. The van der Waals surface area contributed by atoms with Crippen molar-refractivity contribution in [3.05, 3.63) is 33.8 Å². The molecule has 2 rings (SSSR count). The Morgan fingerprint density at radius 3 is 2.75 bits per heavy atom. The number of nitrogens with zero attached hydrogens (tertiary/aromatic N) is 1. The minimum Gasteiger partial charge on any atom is -0.396 e. The van der Waals surface area contributed by atoms with E-state index in [1.54, 1.807) is 18.2 Å². The van der Waals surface area contributed by atoms with Gasteiger partial charge in [-0.05, 0) is 37.8 Å². The molecule has 0 amide bonds. The summed E-state index contributed by atoms with van der Waals surface area (Å²) in [5.74, 6) is 0.305. The van der Waals surface area contributed by atoms with Crippen molar-refractivity contribution in [1.82, 2.24) is 4.90 Å². The van der Waals surface area contributed by atoms with E-state index in [1.165, 1.54) is 0 Å². The summed E-state index contributed by atoms with van der Waals surface area (Å²) < 4.78 is 0. The summed E-state index contributed by atoms with van der Waals surface area (Å²) in [5, 5.41) is 20.7. The highest BCUT2D eigenvalue weighted by atomic mass is 35.5. The molecule has 3 nitrogen and oxygen atoms in total. The molecule has 0 bridgehead atoms. The van der Waals surface area contributed by atoms with Gasteiger partial charge in [0.05, 0.1) is 6.10 Å². The number of benzene rings is 1. The number of aliphatic hydroxyl groups excluding tert-OH is 2. The van der Waals surface area contributed by atoms with Crippen LogP contribution in [-0.2, 0) is 0 Å². The molecule has 112 valence electrons. The van der Waals surface area contributed by atoms with E-state index in [9.17, 15) is 10.2 Å². The number of halogens is 2. The topological polar surface area (TPSA) is 43.7 Å². The van der Waals surface area contributed by atoms with Crippen LogP contribution in [0.25, 0.3) is 0 Å². The van der Waals surface area contributed by atoms with E-state index in [2.05, 4.69) is 11.8 Å². The second-order valence-electron chi connectivity index (χ2n) is 5.61. The Bertz CT molecular complexity index is 455. The number of hydrogen-bond donors (Lipinski definition) is 2. The first-order valence-electron chi connectivity index (χ1n) is 6.99. The third-order valence-corrected chi connectivity index (χ3v) is 4.66. The lowest BCUT2D eigenvalue weighted by molar-refractivity contribution is 0.0384. The molecule has 0 radical (unpaired) electrons. The van der Waals surface area contributed by atoms with Gasteiger partial charge in [0.2, 0.25) is 0 Å². The first-order valence-corrected chi connectivity index (χ1v) is 7.74. The van der Waals surface area contributed by atoms with Crippen LogP contribution in [0.4, 0.5) is 0 Å². The van der Waals surface area contributed by atoms with E-state index in [0.29, 0.717) is 34.1 Å². The lowest BCUT2D eigenvalue weighted by Gasteiger charge is -2.38. The van der Waals surface area contributed by atoms with Crippen LogP contribution in [0.1, 0.15) is 31.4 Å². The number of likely N-dealkylation sites (tertiary alicyclic amines) is 1. The quantitative estimate of drug-likeness (QED) is 0.896. The summed E-state index contributed by atoms with van der Waals surface area (Å²) >= 11 is 12.0. The van der Waals surface area contributed by atoms with Crippen molar-refractivity contribution in [3.8, 4) is 0 Å². The Balaban J connectivity index is 2.04. The number of β-amino-alcohol motifs (C(OH)–C–C–N with tert-alkyl or cyclic N) is 1. The molecule has 2 N–H and O–H groups in total. The molecule has 1 saturated heterocycles. The fraction of sp³-hybridized carbons (Fsp3) is 0.600. The van der Waals surface area contributed by atoms with Gasteiger partial charge in [-0.3, -0.25) is 4.90 Å². The summed E-state index contributed by atoms with van der Waals surface area (Å²) in [4.78, 5) is 2.22. The van der Waals surface area contributed by atoms with Crippen LogP contribution >= 0.6 is 23.2 Å². The van der Waals surface area contributed by atoms with E-state index < -0.39 is 6.10 Å². The van der Waals surface area contributed by atoms with Crippen molar-refractivity contribution < 1.29 is 10.2 Å². The number of piperidine rings is 1. The molecule has 1 aromatic carbocycles. The molecule has 5 heteroatoms. The Kier molecular flexibility index (Phi) is 5.70. The van der Waals surface area contributed by atoms with Crippen LogP contribution in [0.15, 0.2) is 18.2 Å². The van der Waals surface area contributed by atoms with Gasteiger partial charge in [-0.25, -0.2) is 0 Å². The van der Waals surface area contributed by atoms with E-state index in [0.717, 1.165) is 19.4 Å². The molecule has 0 aliphatic carbocycles. The molecule has 1 aliphatic heterocycles. The van der Waals surface area contributed by atoms with Crippen LogP contribution in [-0.4, -0.2) is 40.9 Å². The SMILES string of the molecule is CC1CCC(CO)CN1CC(O)c1ccc(Cl)cc1Cl. The monoisotopic (exact) mass is 317 g/mol. The maximum absolute atomic E-state index is 10.4. The standard InChI is InChI=1S/C15H21Cl2NO2/c1-10-2-3-11(9-19)7-18(10)8-15(20)13-5-4-12(16)6-14(13)17/h4-6,10-11,15,19-20H,2-3,7-9H2,1H3. The summed E-state index contributed by atoms with van der Waals surface area (Å²) in [7, 11) is 0. The number of hydrogen-bond acceptors (Lipinski definition) is 3. The molecular formula is C15H21Cl2NO2. The predicted molar refractivity (Wildman–Crippen MR) is 82.3 cm³/mol. The molecule has 1 fully saturated rings. The zero-order valence-electron chi connectivity index (χ0n) is 11.6. The number of aliphatic hydroxyl groups is 2. The molecule has 0 aromatic heterocycles. The second-order valence-corrected chi connectivity index (χ2v) is 6.45. The van der Waals surface area contributed by atoms with Gasteiger partial charge in [0, 0.05) is 41.3 Å². The molecular weight excluding hydrogens is 297 g/mol. The molecule has 3 atom stereocenters. The van der Waals surface area contributed by atoms with Gasteiger partial charge in [-0.1, -0.05) is 29.3 Å². The van der Waals surface area contributed by atoms with E-state index in [-0.39, 0.29) is 6.61 Å². The van der Waals surface area contributed by atoms with E-state index >= 15 is 0 Å². The van der Waals surface area contributed by atoms with E-state index in [4.69, 9.17) is 23.2 Å². The minimum absolute atomic E-state index is 0.209. The van der Waals surface area contributed by atoms with Crippen molar-refractivity contribution in [2.75, 3.05) is 19.7 Å². The van der Waals surface area contributed by atoms with Crippen LogP contribution in [0, 0.1) is 5.92 Å². The van der Waals surface area contributed by atoms with Crippen LogP contribution in [0.5, 0.6) is 0 Å². The smallest absolute Gasteiger partial charge is 0.0931 e. The second kappa shape index (κ2) is 7.10. The first-order chi connectivity index (χ1) is 9.51. The number of rotatable bonds is 4. The third kappa shape index (κ3) is 3.86. The van der Waals surface area contributed by atoms with Crippen molar-refractivity contribution in [2.45, 2.75) is 31.9 Å². The third-order valence-electron chi connectivity index (χ3n) is 4.10. The van der Waals surface area contributed by atoms with Crippen LogP contribution in [0.3, 0.4) is 0 Å². The van der Waals surface area contributed by atoms with Gasteiger partial charge in [0.25, 0.3) is 0 Å². The highest BCUT2D eigenvalue weighted by molar-refractivity contribution is 6.35. The van der Waals surface area contributed by atoms with Gasteiger partial charge < -0.3 is 10.2 Å². The molecule has 1 aliphatic rings. The van der Waals surface area contributed by atoms with Crippen molar-refractivity contribution in [1.29, 1.82) is 0 Å². The first kappa shape index (κ1) is 16.1. The molecule has 0 spiro atoms. The van der Waals surface area contributed by atoms with Crippen LogP contribution < -0.4 is 0 Å². The van der Waals surface area contributed by atoms with Gasteiger partial charge in [-0.2, -0.15) is 0 Å². The average Bonchev–Trinajstić information content (AvgIpc) is 2.41. The Morgan fingerprint density at radius 2 is 2.10 bits per heavy atom. The van der Waals surface area contributed by atoms with Crippen LogP contribution in [0.2, 0.25) is 10.0 Å². The summed E-state index contributed by atoms with van der Waals surface area (Å²) in [6.45, 7) is 3.71. The molecule has 3 unspecified atom stereocenters. The van der Waals surface area contributed by atoms with Gasteiger partial charge >= 0.3 is 0 Å². The summed E-state index contributed by atoms with van der Waals surface area (Å²) in [5.41, 5.74) is 0.703. The zero-order chi connectivity index (χ0) is 14.7. The molecule has 1 aromatic rings. The average molecular weight is 318 g/mol. The largest absolute Gasteiger partial charge is 0.396 e. The molecule has 20 heavy (non-hydrogen) atoms. The predicted octanol–water partition coefficient (Wildman–Crippen LogP) is 3.12. The molecule has 1 heterocycles. The van der Waals surface area contributed by atoms with Gasteiger partial charge in [0.15, 0.2) is 0 Å². The fourth-order valence-electron chi connectivity index (χ4n) is 2.76. The van der Waals surface area contributed by atoms with Gasteiger partial charge in [0.1, 0.15) is 0 Å². The van der Waals surface area contributed by atoms with Crippen molar-refractivity contribution in [2.24, 2.45) is 5.92 Å². The highest BCUT2D eigenvalue weighted by Gasteiger charge is 2.27. The zero-order valence-corrected chi connectivity index (χ0v) is 13.1. The normalized spacial score (nSPS) is 25.6. The Morgan fingerprint density at radius 1 is 1.35 bits per heavy atom. The van der Waals surface area contributed by atoms with Gasteiger partial charge in [-0.15, -0.1) is 0 Å². The maximum Gasteiger partial charge on any atom is 0.0931 e. The Hall–Kier alpha value is -0.320. The van der Waals surface area contributed by atoms with E-state index in [1.807, 2.05) is 0 Å². The maximum atomic E-state index is 10.4. The van der Waals surface area contributed by atoms with Crippen molar-refractivity contribution >= 4 is 23.2 Å². The van der Waals surface area contributed by atoms with Crippen molar-refractivity contribution in [3.63, 3.8) is 0 Å². The summed E-state index contributed by atoms with van der Waals surface area (Å²) in [6.07, 6.45) is 1.46. The summed E-state index contributed by atoms with van der Waals surface area (Å²) in [6, 6.07) is 5.58. The highest BCUT2D eigenvalue weighted by Crippen LogP contribution is 2.29. The minimum atomic E-state index is -0.639. The lowest BCUT2D eigenvalue weighted by Crippen LogP contribution is -2.44. The Labute approximate surface area is 130 Å².